The van der Waals surface area contributed by atoms with Gasteiger partial charge in [-0.3, -0.25) is 9.78 Å². The molecular formula is C15H23N3O. The average molecular weight is 261 g/mol. The Hall–Kier alpha value is -1.58. The number of hydrogen-bond acceptors (Lipinski definition) is 3. The smallest absolute Gasteiger partial charge is 0.219 e. The quantitative estimate of drug-likeness (QED) is 0.818. The van der Waals surface area contributed by atoms with Gasteiger partial charge in [-0.2, -0.15) is 0 Å². The van der Waals surface area contributed by atoms with E-state index in [1.54, 1.807) is 6.92 Å². The Balaban J connectivity index is 2.23. The molecule has 1 aliphatic heterocycles. The first-order chi connectivity index (χ1) is 8.97. The van der Waals surface area contributed by atoms with Gasteiger partial charge in [-0.05, 0) is 31.9 Å². The van der Waals surface area contributed by atoms with Crippen molar-refractivity contribution in [3.05, 3.63) is 23.5 Å². The van der Waals surface area contributed by atoms with Gasteiger partial charge in [0.1, 0.15) is 0 Å². The summed E-state index contributed by atoms with van der Waals surface area (Å²) in [6.07, 6.45) is 2.18. The molecule has 1 amide bonds. The number of rotatable bonds is 2. The molecule has 0 radical (unpaired) electrons. The predicted molar refractivity (Wildman–Crippen MR) is 77.5 cm³/mol. The lowest BCUT2D eigenvalue weighted by Crippen LogP contribution is -2.37. The van der Waals surface area contributed by atoms with Crippen molar-refractivity contribution >= 4 is 11.6 Å². The van der Waals surface area contributed by atoms with E-state index in [1.165, 1.54) is 5.69 Å². The van der Waals surface area contributed by atoms with Gasteiger partial charge in [-0.1, -0.05) is 0 Å². The number of carbonyl (C=O) groups excluding carboxylic acids is 1. The van der Waals surface area contributed by atoms with Crippen LogP contribution in [0.25, 0.3) is 0 Å². The number of carbonyl (C=O) groups is 1. The lowest BCUT2D eigenvalue weighted by Gasteiger charge is -2.32. The van der Waals surface area contributed by atoms with Crippen LogP contribution in [-0.4, -0.2) is 43.0 Å². The first-order valence-corrected chi connectivity index (χ1v) is 6.89. The van der Waals surface area contributed by atoms with E-state index in [2.05, 4.69) is 22.0 Å². The number of aryl methyl sites for hydroxylation is 1. The van der Waals surface area contributed by atoms with E-state index in [0.29, 0.717) is 5.92 Å². The van der Waals surface area contributed by atoms with Gasteiger partial charge in [0.05, 0.1) is 0 Å². The highest BCUT2D eigenvalue weighted by Gasteiger charge is 2.24. The van der Waals surface area contributed by atoms with Gasteiger partial charge in [-0.25, -0.2) is 0 Å². The average Bonchev–Trinajstić information content (AvgIpc) is 2.38. The molecule has 1 fully saturated rings. The van der Waals surface area contributed by atoms with Crippen molar-refractivity contribution in [2.45, 2.75) is 32.6 Å². The molecule has 2 rings (SSSR count). The molecule has 0 aromatic carbocycles. The summed E-state index contributed by atoms with van der Waals surface area (Å²) < 4.78 is 0. The van der Waals surface area contributed by atoms with E-state index in [4.69, 9.17) is 0 Å². The molecule has 0 N–H and O–H groups in total. The summed E-state index contributed by atoms with van der Waals surface area (Å²) >= 11 is 0. The number of anilines is 1. The van der Waals surface area contributed by atoms with Gasteiger partial charge in [0.25, 0.3) is 0 Å². The maximum Gasteiger partial charge on any atom is 0.219 e. The first kappa shape index (κ1) is 13.8. The standard InChI is InChI=1S/C15H23N3O/c1-11-8-14(17(3)4)9-15(16-11)13-6-5-7-18(10-13)12(2)19/h8-9,13H,5-7,10H2,1-4H3/t13-/m0/s1. The third-order valence-corrected chi connectivity index (χ3v) is 3.76. The number of amides is 1. The zero-order valence-electron chi connectivity index (χ0n) is 12.3. The molecule has 0 aliphatic carbocycles. The van der Waals surface area contributed by atoms with Crippen LogP contribution < -0.4 is 4.90 Å². The Morgan fingerprint density at radius 2 is 2.16 bits per heavy atom. The van der Waals surface area contributed by atoms with Gasteiger partial charge < -0.3 is 9.80 Å². The number of likely N-dealkylation sites (tertiary alicyclic amines) is 1. The van der Waals surface area contributed by atoms with Crippen molar-refractivity contribution in [3.8, 4) is 0 Å². The van der Waals surface area contributed by atoms with Gasteiger partial charge in [0.2, 0.25) is 5.91 Å². The maximum absolute atomic E-state index is 11.5. The van der Waals surface area contributed by atoms with E-state index in [-0.39, 0.29) is 5.91 Å². The monoisotopic (exact) mass is 261 g/mol. The summed E-state index contributed by atoms with van der Waals surface area (Å²) in [6, 6.07) is 4.25. The number of nitrogens with zero attached hydrogens (tertiary/aromatic N) is 3. The van der Waals surface area contributed by atoms with Crippen LogP contribution in [0.3, 0.4) is 0 Å². The number of aromatic nitrogens is 1. The molecule has 0 bridgehead atoms. The molecule has 0 spiro atoms. The van der Waals surface area contributed by atoms with Crippen molar-refractivity contribution in [2.24, 2.45) is 0 Å². The zero-order chi connectivity index (χ0) is 14.0. The Bertz CT molecular complexity index is 470. The Kier molecular flexibility index (Phi) is 4.08. The zero-order valence-corrected chi connectivity index (χ0v) is 12.3. The minimum Gasteiger partial charge on any atom is -0.378 e. The van der Waals surface area contributed by atoms with Crippen LogP contribution in [0.1, 0.15) is 37.1 Å². The lowest BCUT2D eigenvalue weighted by molar-refractivity contribution is -0.130. The minimum atomic E-state index is 0.171. The van der Waals surface area contributed by atoms with E-state index in [1.807, 2.05) is 25.9 Å². The normalized spacial score (nSPS) is 19.4. The Morgan fingerprint density at radius 3 is 2.79 bits per heavy atom. The summed E-state index contributed by atoms with van der Waals surface area (Å²) in [5.74, 6) is 0.543. The van der Waals surface area contributed by atoms with Crippen LogP contribution in [0.5, 0.6) is 0 Å². The second-order valence-electron chi connectivity index (χ2n) is 5.59. The summed E-state index contributed by atoms with van der Waals surface area (Å²) in [4.78, 5) is 20.2. The molecule has 0 unspecified atom stereocenters. The van der Waals surface area contributed by atoms with Gasteiger partial charge in [0.15, 0.2) is 0 Å². The largest absolute Gasteiger partial charge is 0.378 e. The third-order valence-electron chi connectivity index (χ3n) is 3.76. The number of piperidine rings is 1. The highest BCUT2D eigenvalue weighted by molar-refractivity contribution is 5.73. The third kappa shape index (κ3) is 3.25. The van der Waals surface area contributed by atoms with Crippen molar-refractivity contribution in [2.75, 3.05) is 32.1 Å². The van der Waals surface area contributed by atoms with Crippen LogP contribution in [0.4, 0.5) is 5.69 Å². The minimum absolute atomic E-state index is 0.171. The van der Waals surface area contributed by atoms with E-state index < -0.39 is 0 Å². The molecule has 1 aromatic rings. The fraction of sp³-hybridized carbons (Fsp3) is 0.600. The summed E-state index contributed by atoms with van der Waals surface area (Å²) in [5, 5.41) is 0. The molecule has 0 saturated carbocycles. The SMILES string of the molecule is CC(=O)N1CCC[C@H](c2cc(N(C)C)cc(C)n2)C1. The van der Waals surface area contributed by atoms with Crippen LogP contribution in [0, 0.1) is 6.92 Å². The molecular weight excluding hydrogens is 238 g/mol. The molecule has 1 aromatic heterocycles. The summed E-state index contributed by atoms with van der Waals surface area (Å²) in [7, 11) is 4.09. The van der Waals surface area contributed by atoms with E-state index >= 15 is 0 Å². The number of pyridine rings is 1. The lowest BCUT2D eigenvalue weighted by atomic mass is 9.93. The van der Waals surface area contributed by atoms with Crippen molar-refractivity contribution in [1.29, 1.82) is 0 Å². The van der Waals surface area contributed by atoms with Crippen molar-refractivity contribution < 1.29 is 4.79 Å². The van der Waals surface area contributed by atoms with E-state index in [0.717, 1.165) is 37.3 Å². The highest BCUT2D eigenvalue weighted by atomic mass is 16.2. The summed E-state index contributed by atoms with van der Waals surface area (Å²) in [5.41, 5.74) is 3.35. The first-order valence-electron chi connectivity index (χ1n) is 6.89. The molecule has 104 valence electrons. The summed E-state index contributed by atoms with van der Waals surface area (Å²) in [6.45, 7) is 5.37. The topological polar surface area (TPSA) is 36.4 Å². The molecule has 1 atom stereocenters. The van der Waals surface area contributed by atoms with Gasteiger partial charge in [0, 0.05) is 57.1 Å². The van der Waals surface area contributed by atoms with Crippen molar-refractivity contribution in [1.82, 2.24) is 9.88 Å². The predicted octanol–water partition coefficient (Wildman–Crippen LogP) is 2.18. The van der Waals surface area contributed by atoms with E-state index in [9.17, 15) is 4.79 Å². The molecule has 2 heterocycles. The molecule has 19 heavy (non-hydrogen) atoms. The van der Waals surface area contributed by atoms with Gasteiger partial charge in [-0.15, -0.1) is 0 Å². The highest BCUT2D eigenvalue weighted by Crippen LogP contribution is 2.28. The van der Waals surface area contributed by atoms with Crippen LogP contribution >= 0.6 is 0 Å². The maximum atomic E-state index is 11.5. The molecule has 4 heteroatoms. The van der Waals surface area contributed by atoms with Crippen LogP contribution in [-0.2, 0) is 4.79 Å². The van der Waals surface area contributed by atoms with Crippen molar-refractivity contribution in [3.63, 3.8) is 0 Å². The number of hydrogen-bond donors (Lipinski definition) is 0. The van der Waals surface area contributed by atoms with Crippen LogP contribution in [0.15, 0.2) is 12.1 Å². The molecule has 1 aliphatic rings. The Morgan fingerprint density at radius 1 is 1.42 bits per heavy atom. The van der Waals surface area contributed by atoms with Gasteiger partial charge >= 0.3 is 0 Å². The van der Waals surface area contributed by atoms with Crippen LogP contribution in [0.2, 0.25) is 0 Å². The Labute approximate surface area is 115 Å². The fourth-order valence-corrected chi connectivity index (χ4v) is 2.65. The fourth-order valence-electron chi connectivity index (χ4n) is 2.65. The molecule has 1 saturated heterocycles. The second-order valence-corrected chi connectivity index (χ2v) is 5.59. The molecule has 4 nitrogen and oxygen atoms in total. The second kappa shape index (κ2) is 5.59.